The number of anilines is 2. The van der Waals surface area contributed by atoms with E-state index in [0.29, 0.717) is 17.9 Å². The highest BCUT2D eigenvalue weighted by Crippen LogP contribution is 2.30. The Labute approximate surface area is 186 Å². The maximum absolute atomic E-state index is 13.0. The molecule has 0 unspecified atom stereocenters. The monoisotopic (exact) mass is 454 g/mol. The van der Waals surface area contributed by atoms with Gasteiger partial charge in [-0.25, -0.2) is 13.2 Å². The van der Waals surface area contributed by atoms with Crippen LogP contribution in [0.25, 0.3) is 0 Å². The van der Waals surface area contributed by atoms with E-state index in [0.717, 1.165) is 0 Å². The van der Waals surface area contributed by atoms with Gasteiger partial charge in [-0.05, 0) is 49.4 Å². The molecule has 0 aliphatic heterocycles. The molecule has 0 saturated carbocycles. The first-order valence-corrected chi connectivity index (χ1v) is 11.2. The van der Waals surface area contributed by atoms with Gasteiger partial charge in [0.15, 0.2) is 0 Å². The second-order valence-electron chi connectivity index (χ2n) is 6.55. The minimum Gasteiger partial charge on any atom is -0.492 e. The Kier molecular flexibility index (Phi) is 7.11. The number of rotatable bonds is 8. The molecule has 0 aliphatic rings. The highest BCUT2D eigenvalue weighted by atomic mass is 32.2. The van der Waals surface area contributed by atoms with E-state index < -0.39 is 21.9 Å². The Morgan fingerprint density at radius 3 is 2.28 bits per heavy atom. The van der Waals surface area contributed by atoms with Crippen molar-refractivity contribution in [3.63, 3.8) is 0 Å². The zero-order valence-corrected chi connectivity index (χ0v) is 18.3. The number of carbonyl (C=O) groups excluding carboxylic acids is 2. The van der Waals surface area contributed by atoms with Gasteiger partial charge in [0, 0.05) is 5.56 Å². The van der Waals surface area contributed by atoms with E-state index in [4.69, 9.17) is 9.47 Å². The van der Waals surface area contributed by atoms with Gasteiger partial charge in [-0.2, -0.15) is 0 Å². The lowest BCUT2D eigenvalue weighted by Crippen LogP contribution is -2.17. The minimum atomic E-state index is -4.10. The lowest BCUT2D eigenvalue weighted by molar-refractivity contribution is 0.0602. The summed E-state index contributed by atoms with van der Waals surface area (Å²) in [5, 5.41) is 2.70. The van der Waals surface area contributed by atoms with Gasteiger partial charge in [0.1, 0.15) is 5.75 Å². The molecule has 0 aliphatic carbocycles. The molecular weight excluding hydrogens is 432 g/mol. The Balaban J connectivity index is 1.95. The summed E-state index contributed by atoms with van der Waals surface area (Å²) in [7, 11) is -2.89. The molecule has 2 N–H and O–H groups in total. The van der Waals surface area contributed by atoms with Crippen molar-refractivity contribution in [1.82, 2.24) is 0 Å². The average Bonchev–Trinajstić information content (AvgIpc) is 2.80. The van der Waals surface area contributed by atoms with Crippen LogP contribution in [0.15, 0.2) is 77.7 Å². The standard InChI is InChI=1S/C23H22N2O6S/c1-3-31-21-14-13-17(15-20(21)24-22(26)16-9-5-4-6-10-16)32(28,29)25-19-12-8-7-11-18(19)23(27)30-2/h4-15,25H,3H2,1-2H3,(H,24,26). The third kappa shape index (κ3) is 5.25. The van der Waals surface area contributed by atoms with Crippen molar-refractivity contribution in [2.75, 3.05) is 23.8 Å². The molecule has 3 rings (SSSR count). The lowest BCUT2D eigenvalue weighted by atomic mass is 10.2. The highest BCUT2D eigenvalue weighted by Gasteiger charge is 2.21. The zero-order valence-electron chi connectivity index (χ0n) is 17.5. The molecule has 1 amide bonds. The van der Waals surface area contributed by atoms with Crippen molar-refractivity contribution in [1.29, 1.82) is 0 Å². The number of para-hydroxylation sites is 1. The van der Waals surface area contributed by atoms with Gasteiger partial charge < -0.3 is 14.8 Å². The second-order valence-corrected chi connectivity index (χ2v) is 8.24. The van der Waals surface area contributed by atoms with E-state index in [-0.39, 0.29) is 21.8 Å². The maximum atomic E-state index is 13.0. The van der Waals surface area contributed by atoms with Crippen LogP contribution in [0.3, 0.4) is 0 Å². The summed E-state index contributed by atoms with van der Waals surface area (Å²) in [6.45, 7) is 2.10. The predicted molar refractivity (Wildman–Crippen MR) is 121 cm³/mol. The summed E-state index contributed by atoms with van der Waals surface area (Å²) >= 11 is 0. The van der Waals surface area contributed by atoms with Crippen molar-refractivity contribution in [2.45, 2.75) is 11.8 Å². The van der Waals surface area contributed by atoms with E-state index >= 15 is 0 Å². The number of nitrogens with one attached hydrogen (secondary N) is 2. The fourth-order valence-electron chi connectivity index (χ4n) is 2.90. The molecule has 9 heteroatoms. The number of hydrogen-bond acceptors (Lipinski definition) is 6. The summed E-state index contributed by atoms with van der Waals surface area (Å²) in [5.41, 5.74) is 0.753. The molecule has 8 nitrogen and oxygen atoms in total. The second kappa shape index (κ2) is 9.97. The molecule has 0 spiro atoms. The summed E-state index contributed by atoms with van der Waals surface area (Å²) in [5.74, 6) is -0.762. The molecule has 0 radical (unpaired) electrons. The van der Waals surface area contributed by atoms with Gasteiger partial charge in [-0.1, -0.05) is 30.3 Å². The topological polar surface area (TPSA) is 111 Å². The SMILES string of the molecule is CCOc1ccc(S(=O)(=O)Nc2ccccc2C(=O)OC)cc1NC(=O)c1ccccc1. The van der Waals surface area contributed by atoms with Gasteiger partial charge in [0.25, 0.3) is 15.9 Å². The molecule has 0 aromatic heterocycles. The summed E-state index contributed by atoms with van der Waals surface area (Å²) in [6.07, 6.45) is 0. The average molecular weight is 455 g/mol. The fraction of sp³-hybridized carbons (Fsp3) is 0.130. The van der Waals surface area contributed by atoms with Crippen molar-refractivity contribution in [3.05, 3.63) is 83.9 Å². The van der Waals surface area contributed by atoms with Gasteiger partial charge in [-0.15, -0.1) is 0 Å². The fourth-order valence-corrected chi connectivity index (χ4v) is 4.01. The van der Waals surface area contributed by atoms with Crippen molar-refractivity contribution in [2.24, 2.45) is 0 Å². The van der Waals surface area contributed by atoms with Crippen molar-refractivity contribution >= 4 is 33.3 Å². The largest absolute Gasteiger partial charge is 0.492 e. The number of esters is 1. The third-order valence-electron chi connectivity index (χ3n) is 4.42. The smallest absolute Gasteiger partial charge is 0.339 e. The van der Waals surface area contributed by atoms with Crippen molar-refractivity contribution < 1.29 is 27.5 Å². The number of sulfonamides is 1. The van der Waals surface area contributed by atoms with Gasteiger partial charge in [0.05, 0.1) is 35.6 Å². The maximum Gasteiger partial charge on any atom is 0.339 e. The Bertz CT molecular complexity index is 1230. The van der Waals surface area contributed by atoms with Crippen LogP contribution in [0.4, 0.5) is 11.4 Å². The Hall–Kier alpha value is -3.85. The van der Waals surface area contributed by atoms with Crippen molar-refractivity contribution in [3.8, 4) is 5.75 Å². The summed E-state index contributed by atoms with van der Waals surface area (Å²) in [6, 6.07) is 18.7. The third-order valence-corrected chi connectivity index (χ3v) is 5.79. The van der Waals surface area contributed by atoms with E-state index in [1.54, 1.807) is 49.4 Å². The molecule has 0 fully saturated rings. The van der Waals surface area contributed by atoms with Crippen LogP contribution in [0.5, 0.6) is 5.75 Å². The lowest BCUT2D eigenvalue weighted by Gasteiger charge is -2.15. The Morgan fingerprint density at radius 2 is 1.59 bits per heavy atom. The van der Waals surface area contributed by atoms with Crippen LogP contribution in [-0.2, 0) is 14.8 Å². The van der Waals surface area contributed by atoms with Crippen LogP contribution in [0.2, 0.25) is 0 Å². The molecule has 166 valence electrons. The van der Waals surface area contributed by atoms with E-state index in [1.807, 2.05) is 0 Å². The van der Waals surface area contributed by atoms with Gasteiger partial charge >= 0.3 is 5.97 Å². The normalized spacial score (nSPS) is 10.8. The first kappa shape index (κ1) is 22.8. The molecule has 0 atom stereocenters. The highest BCUT2D eigenvalue weighted by molar-refractivity contribution is 7.92. The summed E-state index contributed by atoms with van der Waals surface area (Å²) in [4.78, 5) is 24.4. The van der Waals surface area contributed by atoms with Crippen LogP contribution in [0.1, 0.15) is 27.6 Å². The molecule has 0 bridgehead atoms. The molecule has 32 heavy (non-hydrogen) atoms. The van der Waals surface area contributed by atoms with Gasteiger partial charge in [0.2, 0.25) is 0 Å². The van der Waals surface area contributed by atoms with Crippen LogP contribution < -0.4 is 14.8 Å². The first-order chi connectivity index (χ1) is 15.4. The molecule has 3 aromatic rings. The first-order valence-electron chi connectivity index (χ1n) is 9.69. The molecule has 3 aromatic carbocycles. The number of methoxy groups -OCH3 is 1. The van der Waals surface area contributed by atoms with E-state index in [2.05, 4.69) is 10.0 Å². The van der Waals surface area contributed by atoms with E-state index in [1.165, 1.54) is 37.4 Å². The zero-order chi connectivity index (χ0) is 23.1. The molecular formula is C23H22N2O6S. The number of carbonyl (C=O) groups is 2. The number of amides is 1. The molecule has 0 heterocycles. The number of hydrogen-bond donors (Lipinski definition) is 2. The van der Waals surface area contributed by atoms with Gasteiger partial charge in [-0.3, -0.25) is 9.52 Å². The Morgan fingerprint density at radius 1 is 0.906 bits per heavy atom. The molecule has 0 saturated heterocycles. The summed E-state index contributed by atoms with van der Waals surface area (Å²) < 4.78 is 38.7. The number of benzene rings is 3. The van der Waals surface area contributed by atoms with Crippen LogP contribution in [-0.4, -0.2) is 34.0 Å². The predicted octanol–water partition coefficient (Wildman–Crippen LogP) is 3.93. The van der Waals surface area contributed by atoms with Crippen LogP contribution >= 0.6 is 0 Å². The quantitative estimate of drug-likeness (QED) is 0.499. The minimum absolute atomic E-state index is 0.0714. The number of ether oxygens (including phenoxy) is 2. The van der Waals surface area contributed by atoms with E-state index in [9.17, 15) is 18.0 Å². The van der Waals surface area contributed by atoms with Crippen LogP contribution in [0, 0.1) is 0 Å².